The van der Waals surface area contributed by atoms with Crippen molar-refractivity contribution in [3.8, 4) is 5.75 Å². The number of thiophene rings is 1. The SMILES string of the molecule is Oc1ccc(Br)c2ccsc12. The lowest BCUT2D eigenvalue weighted by molar-refractivity contribution is 0.482. The number of aromatic hydroxyl groups is 1. The highest BCUT2D eigenvalue weighted by atomic mass is 79.9. The number of phenolic OH excluding ortho intramolecular Hbond substituents is 1. The Kier molecular flexibility index (Phi) is 1.62. The van der Waals surface area contributed by atoms with Crippen LogP contribution in [0.25, 0.3) is 10.1 Å². The maximum Gasteiger partial charge on any atom is 0.133 e. The molecule has 0 spiro atoms. The van der Waals surface area contributed by atoms with Gasteiger partial charge in [-0.2, -0.15) is 0 Å². The van der Waals surface area contributed by atoms with Crippen molar-refractivity contribution in [1.29, 1.82) is 0 Å². The van der Waals surface area contributed by atoms with Crippen LogP contribution in [-0.4, -0.2) is 5.11 Å². The molecule has 0 saturated heterocycles. The number of benzene rings is 1. The molecule has 0 radical (unpaired) electrons. The van der Waals surface area contributed by atoms with E-state index in [9.17, 15) is 5.11 Å². The van der Waals surface area contributed by atoms with Crippen molar-refractivity contribution in [1.82, 2.24) is 0 Å². The monoisotopic (exact) mass is 228 g/mol. The van der Waals surface area contributed by atoms with Crippen molar-refractivity contribution in [3.05, 3.63) is 28.1 Å². The van der Waals surface area contributed by atoms with Crippen molar-refractivity contribution in [3.63, 3.8) is 0 Å². The van der Waals surface area contributed by atoms with E-state index in [-0.39, 0.29) is 0 Å². The minimum atomic E-state index is 0.359. The van der Waals surface area contributed by atoms with Gasteiger partial charge < -0.3 is 5.11 Å². The maximum atomic E-state index is 9.37. The van der Waals surface area contributed by atoms with Gasteiger partial charge in [-0.25, -0.2) is 0 Å². The molecule has 0 aliphatic heterocycles. The molecule has 2 aromatic rings. The molecule has 3 heteroatoms. The van der Waals surface area contributed by atoms with Crippen LogP contribution in [0.1, 0.15) is 0 Å². The van der Waals surface area contributed by atoms with Gasteiger partial charge in [-0.15, -0.1) is 11.3 Å². The first-order valence-electron chi connectivity index (χ1n) is 3.14. The molecule has 0 saturated carbocycles. The Morgan fingerprint density at radius 2 is 2.09 bits per heavy atom. The molecule has 0 aliphatic carbocycles. The van der Waals surface area contributed by atoms with Crippen LogP contribution in [0.2, 0.25) is 0 Å². The minimum absolute atomic E-state index is 0.359. The zero-order chi connectivity index (χ0) is 7.84. The van der Waals surface area contributed by atoms with Gasteiger partial charge in [0.25, 0.3) is 0 Å². The molecular formula is C8H5BrOS. The zero-order valence-electron chi connectivity index (χ0n) is 5.54. The third kappa shape index (κ3) is 1.04. The van der Waals surface area contributed by atoms with Crippen LogP contribution in [-0.2, 0) is 0 Å². The Balaban J connectivity index is 2.96. The number of hydrogen-bond donors (Lipinski definition) is 1. The summed E-state index contributed by atoms with van der Waals surface area (Å²) in [7, 11) is 0. The van der Waals surface area contributed by atoms with E-state index in [1.807, 2.05) is 17.5 Å². The quantitative estimate of drug-likeness (QED) is 0.734. The molecule has 0 fully saturated rings. The summed E-state index contributed by atoms with van der Waals surface area (Å²) in [4.78, 5) is 0. The van der Waals surface area contributed by atoms with Crippen molar-refractivity contribution in [2.24, 2.45) is 0 Å². The molecule has 0 bridgehead atoms. The van der Waals surface area contributed by atoms with Gasteiger partial charge in [-0.1, -0.05) is 15.9 Å². The number of halogens is 1. The van der Waals surface area contributed by atoms with Gasteiger partial charge in [0.05, 0.1) is 4.70 Å². The lowest BCUT2D eigenvalue weighted by atomic mass is 10.2. The molecule has 2 rings (SSSR count). The van der Waals surface area contributed by atoms with Crippen molar-refractivity contribution in [2.75, 3.05) is 0 Å². The van der Waals surface area contributed by atoms with Gasteiger partial charge in [0.2, 0.25) is 0 Å². The highest BCUT2D eigenvalue weighted by molar-refractivity contribution is 9.10. The summed E-state index contributed by atoms with van der Waals surface area (Å²) in [5.41, 5.74) is 0. The Labute approximate surface area is 76.4 Å². The molecule has 1 aromatic carbocycles. The fourth-order valence-corrected chi connectivity index (χ4v) is 2.44. The average Bonchev–Trinajstić information content (AvgIpc) is 2.45. The van der Waals surface area contributed by atoms with Crippen LogP contribution in [0.15, 0.2) is 28.1 Å². The normalized spacial score (nSPS) is 10.6. The van der Waals surface area contributed by atoms with Gasteiger partial charge in [-0.3, -0.25) is 0 Å². The molecule has 0 atom stereocenters. The van der Waals surface area contributed by atoms with Crippen LogP contribution in [0.4, 0.5) is 0 Å². The molecule has 1 aromatic heterocycles. The maximum absolute atomic E-state index is 9.37. The van der Waals surface area contributed by atoms with Gasteiger partial charge in [0, 0.05) is 9.86 Å². The zero-order valence-corrected chi connectivity index (χ0v) is 7.95. The highest BCUT2D eigenvalue weighted by Gasteiger charge is 2.02. The second kappa shape index (κ2) is 2.50. The molecule has 1 heterocycles. The molecule has 0 unspecified atom stereocenters. The molecule has 1 N–H and O–H groups in total. The Morgan fingerprint density at radius 3 is 2.82 bits per heavy atom. The van der Waals surface area contributed by atoms with Gasteiger partial charge in [0.15, 0.2) is 0 Å². The van der Waals surface area contributed by atoms with Crippen molar-refractivity contribution >= 4 is 37.4 Å². The third-order valence-electron chi connectivity index (χ3n) is 1.54. The molecule has 1 nitrogen and oxygen atoms in total. The summed E-state index contributed by atoms with van der Waals surface area (Å²) in [6.45, 7) is 0. The largest absolute Gasteiger partial charge is 0.506 e. The van der Waals surface area contributed by atoms with E-state index >= 15 is 0 Å². The Bertz CT molecular complexity index is 358. The lowest BCUT2D eigenvalue weighted by Gasteiger charge is -1.95. The molecule has 0 amide bonds. The Morgan fingerprint density at radius 1 is 1.27 bits per heavy atom. The predicted octanol–water partition coefficient (Wildman–Crippen LogP) is 3.37. The molecule has 56 valence electrons. The van der Waals surface area contributed by atoms with Crippen LogP contribution < -0.4 is 0 Å². The fraction of sp³-hybridized carbons (Fsp3) is 0. The van der Waals surface area contributed by atoms with Crippen LogP contribution >= 0.6 is 27.3 Å². The first kappa shape index (κ1) is 7.13. The summed E-state index contributed by atoms with van der Waals surface area (Å²) in [6.07, 6.45) is 0. The molecule has 11 heavy (non-hydrogen) atoms. The second-order valence-corrected chi connectivity index (χ2v) is 4.00. The van der Waals surface area contributed by atoms with E-state index in [2.05, 4.69) is 15.9 Å². The van der Waals surface area contributed by atoms with E-state index in [1.165, 1.54) is 0 Å². The number of phenols is 1. The summed E-state index contributed by atoms with van der Waals surface area (Å²) in [5.74, 6) is 0.359. The first-order valence-corrected chi connectivity index (χ1v) is 4.81. The van der Waals surface area contributed by atoms with E-state index in [1.54, 1.807) is 17.4 Å². The fourth-order valence-electron chi connectivity index (χ4n) is 1.01. The van der Waals surface area contributed by atoms with Gasteiger partial charge in [-0.05, 0) is 23.6 Å². The van der Waals surface area contributed by atoms with Crippen LogP contribution in [0.3, 0.4) is 0 Å². The minimum Gasteiger partial charge on any atom is -0.506 e. The number of hydrogen-bond acceptors (Lipinski definition) is 2. The van der Waals surface area contributed by atoms with Gasteiger partial charge in [0.1, 0.15) is 5.75 Å². The summed E-state index contributed by atoms with van der Waals surface area (Å²) in [5, 5.41) is 12.4. The summed E-state index contributed by atoms with van der Waals surface area (Å²) in [6, 6.07) is 5.54. The Hall–Kier alpha value is -0.540. The third-order valence-corrected chi connectivity index (χ3v) is 3.17. The van der Waals surface area contributed by atoms with Gasteiger partial charge >= 0.3 is 0 Å². The number of rotatable bonds is 0. The van der Waals surface area contributed by atoms with E-state index < -0.39 is 0 Å². The molecular weight excluding hydrogens is 224 g/mol. The van der Waals surface area contributed by atoms with E-state index in [4.69, 9.17) is 0 Å². The second-order valence-electron chi connectivity index (χ2n) is 2.23. The average molecular weight is 229 g/mol. The van der Waals surface area contributed by atoms with Crippen LogP contribution in [0.5, 0.6) is 5.75 Å². The van der Waals surface area contributed by atoms with Crippen LogP contribution in [0, 0.1) is 0 Å². The standard InChI is InChI=1S/C8H5BrOS/c9-6-1-2-7(10)8-5(6)3-4-11-8/h1-4,10H. The smallest absolute Gasteiger partial charge is 0.133 e. The highest BCUT2D eigenvalue weighted by Crippen LogP contribution is 2.34. The summed E-state index contributed by atoms with van der Waals surface area (Å²) >= 11 is 4.95. The molecule has 0 aliphatic rings. The first-order chi connectivity index (χ1) is 5.29. The van der Waals surface area contributed by atoms with E-state index in [0.717, 1.165) is 14.6 Å². The van der Waals surface area contributed by atoms with E-state index in [0.29, 0.717) is 5.75 Å². The van der Waals surface area contributed by atoms with Crippen molar-refractivity contribution < 1.29 is 5.11 Å². The summed E-state index contributed by atoms with van der Waals surface area (Å²) < 4.78 is 1.98. The topological polar surface area (TPSA) is 20.2 Å². The van der Waals surface area contributed by atoms with Crippen molar-refractivity contribution in [2.45, 2.75) is 0 Å². The predicted molar refractivity (Wildman–Crippen MR) is 51.2 cm³/mol. The number of fused-ring (bicyclic) bond motifs is 1. The lowest BCUT2D eigenvalue weighted by Crippen LogP contribution is -1.67.